The number of aliphatic hydroxyl groups is 1. The Kier molecular flexibility index (Phi) is 6.23. The molecule has 0 aromatic rings. The van der Waals surface area contributed by atoms with E-state index in [1.165, 1.54) is 38.5 Å². The second-order valence-corrected chi connectivity index (χ2v) is 15.7. The molecule has 202 valence electrons. The zero-order valence-electron chi connectivity index (χ0n) is 24.0. The summed E-state index contributed by atoms with van der Waals surface area (Å²) in [4.78, 5) is 12.7. The smallest absolute Gasteiger partial charge is 0.336 e. The molecule has 5 saturated carbocycles. The third-order valence-corrected chi connectivity index (χ3v) is 14.5. The Bertz CT molecular complexity index is 871. The molecule has 0 heterocycles. The van der Waals surface area contributed by atoms with Crippen LogP contribution in [0.1, 0.15) is 120 Å². The van der Waals surface area contributed by atoms with Crippen LogP contribution in [0.2, 0.25) is 0 Å². The first-order chi connectivity index (χ1) is 15.6. The van der Waals surface area contributed by atoms with E-state index < -0.39 is 17.0 Å². The number of hydrogen-bond acceptors (Lipinski definition) is 3. The topological polar surface area (TPSA) is 92.5 Å². The van der Waals surface area contributed by atoms with Crippen LogP contribution in [-0.4, -0.2) is 21.8 Å². The van der Waals surface area contributed by atoms with Gasteiger partial charge in [-0.15, -0.1) is 0 Å². The Hall–Kier alpha value is -0.610. The second kappa shape index (κ2) is 7.95. The molecule has 0 bridgehead atoms. The van der Waals surface area contributed by atoms with Crippen LogP contribution in [0.3, 0.4) is 0 Å². The highest BCUT2D eigenvalue weighted by molar-refractivity contribution is 5.79. The Balaban J connectivity index is 0.00000289. The molecule has 5 aliphatic rings. The van der Waals surface area contributed by atoms with Crippen LogP contribution >= 0.6 is 0 Å². The fourth-order valence-electron chi connectivity index (χ4n) is 12.0. The molecule has 0 aromatic carbocycles. The summed E-state index contributed by atoms with van der Waals surface area (Å²) < 4.78 is 0. The molecule has 4 nitrogen and oxygen atoms in total. The van der Waals surface area contributed by atoms with Crippen LogP contribution in [0.25, 0.3) is 0 Å². The van der Waals surface area contributed by atoms with Gasteiger partial charge in [0.25, 0.3) is 0 Å². The maximum absolute atomic E-state index is 12.7. The molecule has 5 fully saturated rings. The lowest BCUT2D eigenvalue weighted by Gasteiger charge is -2.75. The molecule has 5 N–H and O–H groups in total. The average molecular weight is 490 g/mol. The monoisotopic (exact) mass is 489 g/mol. The first kappa shape index (κ1) is 27.4. The summed E-state index contributed by atoms with van der Waals surface area (Å²) in [6, 6.07) is 0. The summed E-state index contributed by atoms with van der Waals surface area (Å²) in [5.74, 6) is 2.62. The Morgan fingerprint density at radius 1 is 0.743 bits per heavy atom. The van der Waals surface area contributed by atoms with Crippen molar-refractivity contribution in [2.45, 2.75) is 125 Å². The number of fused-ring (bicyclic) bond motifs is 7. The van der Waals surface area contributed by atoms with Crippen LogP contribution in [0, 0.1) is 62.6 Å². The van der Waals surface area contributed by atoms with Gasteiger partial charge in [0, 0.05) is 5.41 Å². The van der Waals surface area contributed by atoms with E-state index in [0.717, 1.165) is 42.9 Å². The highest BCUT2D eigenvalue weighted by Crippen LogP contribution is 2.78. The first-order valence-corrected chi connectivity index (χ1v) is 14.5. The molecule has 0 saturated heterocycles. The second-order valence-electron chi connectivity index (χ2n) is 15.7. The molecule has 5 aliphatic carbocycles. The normalized spacial score (nSPS) is 56.9. The molecule has 0 spiro atoms. The molecule has 0 amide bonds. The highest BCUT2D eigenvalue weighted by atomic mass is 16.4. The average Bonchev–Trinajstić information content (AvgIpc) is 2.75. The van der Waals surface area contributed by atoms with Gasteiger partial charge in [0.2, 0.25) is 0 Å². The zero-order chi connectivity index (χ0) is 25.1. The molecule has 35 heavy (non-hydrogen) atoms. The minimum atomic E-state index is -1.61. The van der Waals surface area contributed by atoms with E-state index >= 15 is 0 Å². The lowest BCUT2D eigenvalue weighted by atomic mass is 9.30. The van der Waals surface area contributed by atoms with Gasteiger partial charge in [0.05, 0.1) is 0 Å². The maximum Gasteiger partial charge on any atom is 0.336 e. The number of rotatable bonds is 1. The Morgan fingerprint density at radius 2 is 1.40 bits per heavy atom. The van der Waals surface area contributed by atoms with Crippen molar-refractivity contribution >= 4 is 5.97 Å². The molecule has 0 radical (unpaired) electrons. The molecule has 5 rings (SSSR count). The van der Waals surface area contributed by atoms with E-state index in [9.17, 15) is 15.0 Å². The van der Waals surface area contributed by atoms with Gasteiger partial charge < -0.3 is 16.4 Å². The van der Waals surface area contributed by atoms with Crippen molar-refractivity contribution in [2.75, 3.05) is 0 Å². The van der Waals surface area contributed by atoms with Crippen molar-refractivity contribution in [1.29, 1.82) is 0 Å². The van der Waals surface area contributed by atoms with Crippen molar-refractivity contribution in [3.8, 4) is 0 Å². The van der Waals surface area contributed by atoms with E-state index in [-0.39, 0.29) is 34.2 Å². The van der Waals surface area contributed by atoms with Crippen LogP contribution in [0.5, 0.6) is 0 Å². The van der Waals surface area contributed by atoms with Crippen molar-refractivity contribution in [2.24, 2.45) is 62.6 Å². The van der Waals surface area contributed by atoms with E-state index in [4.69, 9.17) is 0 Å². The standard InChI is InChI=1S/C31H52O3.H3N/c1-19-11-13-27(5)16-17-28(6)21(24(27)20(19)2)9-10-23-29(28,7)14-12-22-26(3,4)15-18-31(34,25(32)33)30(22,23)8;/h19-24,34H,9-18H2,1-8H3,(H,32,33);1H3/t19-,20+,21-,22+,23+,24+,27-,28-,29-,30+,31?;/m1./s1. The largest absolute Gasteiger partial charge is 0.479 e. The van der Waals surface area contributed by atoms with Crippen molar-refractivity contribution in [3.63, 3.8) is 0 Å². The number of carboxylic acids is 1. The van der Waals surface area contributed by atoms with E-state index in [2.05, 4.69) is 55.4 Å². The predicted octanol–water partition coefficient (Wildman–Crippen LogP) is 7.72. The summed E-state index contributed by atoms with van der Waals surface area (Å²) in [7, 11) is 0. The van der Waals surface area contributed by atoms with Gasteiger partial charge in [0.15, 0.2) is 5.60 Å². The number of hydrogen-bond donors (Lipinski definition) is 3. The van der Waals surface area contributed by atoms with E-state index in [1.807, 2.05) is 0 Å². The van der Waals surface area contributed by atoms with Gasteiger partial charge in [-0.1, -0.05) is 55.4 Å². The summed E-state index contributed by atoms with van der Waals surface area (Å²) in [6.45, 7) is 19.6. The quantitative estimate of drug-likeness (QED) is 0.351. The third-order valence-electron chi connectivity index (χ3n) is 14.5. The molecule has 1 unspecified atom stereocenters. The van der Waals surface area contributed by atoms with Gasteiger partial charge in [-0.3, -0.25) is 0 Å². The summed E-state index contributed by atoms with van der Waals surface area (Å²) in [6.07, 6.45) is 11.1. The fraction of sp³-hybridized carbons (Fsp3) is 0.968. The van der Waals surface area contributed by atoms with Crippen molar-refractivity contribution in [1.82, 2.24) is 6.15 Å². The number of carbonyl (C=O) groups is 1. The zero-order valence-corrected chi connectivity index (χ0v) is 24.0. The number of aliphatic carboxylic acids is 1. The van der Waals surface area contributed by atoms with Crippen LogP contribution < -0.4 is 6.15 Å². The first-order valence-electron chi connectivity index (χ1n) is 14.5. The van der Waals surface area contributed by atoms with E-state index in [0.29, 0.717) is 11.8 Å². The van der Waals surface area contributed by atoms with Gasteiger partial charge in [-0.05, 0) is 121 Å². The minimum absolute atomic E-state index is 0. The summed E-state index contributed by atoms with van der Waals surface area (Å²) >= 11 is 0. The lowest BCUT2D eigenvalue weighted by molar-refractivity contribution is -0.290. The van der Waals surface area contributed by atoms with Crippen LogP contribution in [0.15, 0.2) is 0 Å². The molecular weight excluding hydrogens is 434 g/mol. The molecule has 0 aromatic heterocycles. The Labute approximate surface area is 215 Å². The minimum Gasteiger partial charge on any atom is -0.479 e. The van der Waals surface area contributed by atoms with Crippen LogP contribution in [-0.2, 0) is 4.79 Å². The number of carboxylic acid groups (broad SMARTS) is 1. The summed E-state index contributed by atoms with van der Waals surface area (Å²) in [5.41, 5.74) is -1.34. The van der Waals surface area contributed by atoms with Crippen molar-refractivity contribution in [3.05, 3.63) is 0 Å². The molecule has 11 atom stereocenters. The van der Waals surface area contributed by atoms with Gasteiger partial charge in [-0.25, -0.2) is 4.79 Å². The van der Waals surface area contributed by atoms with E-state index in [1.54, 1.807) is 0 Å². The van der Waals surface area contributed by atoms with Gasteiger partial charge in [0.1, 0.15) is 0 Å². The van der Waals surface area contributed by atoms with Crippen LogP contribution in [0.4, 0.5) is 0 Å². The molecule has 0 aliphatic heterocycles. The third kappa shape index (κ3) is 3.14. The maximum atomic E-state index is 12.7. The van der Waals surface area contributed by atoms with Gasteiger partial charge in [-0.2, -0.15) is 0 Å². The van der Waals surface area contributed by atoms with Crippen molar-refractivity contribution < 1.29 is 15.0 Å². The predicted molar refractivity (Wildman–Crippen MR) is 142 cm³/mol. The highest BCUT2D eigenvalue weighted by Gasteiger charge is 2.74. The SMILES string of the molecule is C[C@@H]1[C@H]2[C@H]3CC[C@@H]4[C@]5(C)[C@@H](CC[C@@]4(C)[C@]3(C)CC[C@@]2(C)CC[C@H]1C)C(C)(C)CCC5(O)C(=O)O.N. The summed E-state index contributed by atoms with van der Waals surface area (Å²) in [5, 5.41) is 22.4. The Morgan fingerprint density at radius 3 is 2.03 bits per heavy atom. The van der Waals surface area contributed by atoms with Gasteiger partial charge >= 0.3 is 5.97 Å². The molecule has 4 heteroatoms. The molecular formula is C31H55NO3. The fourth-order valence-corrected chi connectivity index (χ4v) is 12.0. The lowest BCUT2D eigenvalue weighted by Crippen LogP contribution is -2.73.